The first-order chi connectivity index (χ1) is 14.8. The number of ether oxygens (including phenoxy) is 1. The molecule has 5 aliphatic rings. The number of carbonyl (C=O) groups excluding carboxylic acids is 2. The van der Waals surface area contributed by atoms with Crippen LogP contribution in [0.15, 0.2) is 18.5 Å². The van der Waals surface area contributed by atoms with E-state index in [0.29, 0.717) is 48.0 Å². The van der Waals surface area contributed by atoms with Crippen molar-refractivity contribution < 1.29 is 23.1 Å². The van der Waals surface area contributed by atoms with Crippen LogP contribution >= 0.6 is 0 Å². The standard InChI is InChI=1S/C23H25F2N3O3/c1-11(20(29)27-23-7-22(8-23,9-23)21(30)31-2)19-13-3-12(4-14(13)19)28-10-26-17-5-15(24)16(25)6-18(17)28/h5-6,10-14,19H,3-4,7-9H2,1-2H3,(H,27,29)/t11?,12?,13-,14+,19?,22?,23?. The molecule has 31 heavy (non-hydrogen) atoms. The third kappa shape index (κ3) is 2.56. The first-order valence-electron chi connectivity index (χ1n) is 11.0. The number of benzene rings is 1. The molecular weight excluding hydrogens is 404 g/mol. The zero-order valence-electron chi connectivity index (χ0n) is 17.5. The Balaban J connectivity index is 1.07. The number of imidazole rings is 1. The Morgan fingerprint density at radius 3 is 2.48 bits per heavy atom. The minimum atomic E-state index is -0.881. The summed E-state index contributed by atoms with van der Waals surface area (Å²) in [6.07, 6.45) is 5.59. The van der Waals surface area contributed by atoms with Gasteiger partial charge in [0.15, 0.2) is 11.6 Å². The first-order valence-corrected chi connectivity index (χ1v) is 11.0. The van der Waals surface area contributed by atoms with Gasteiger partial charge in [-0.15, -0.1) is 0 Å². The number of amides is 1. The molecule has 1 amide bonds. The Labute approximate surface area is 178 Å². The molecule has 0 radical (unpaired) electrons. The lowest BCUT2D eigenvalue weighted by Gasteiger charge is -2.68. The predicted octanol–water partition coefficient (Wildman–Crippen LogP) is 3.36. The maximum absolute atomic E-state index is 13.7. The topological polar surface area (TPSA) is 73.2 Å². The second-order valence-corrected chi connectivity index (χ2v) is 10.3. The summed E-state index contributed by atoms with van der Waals surface area (Å²) in [7, 11) is 1.41. The SMILES string of the molecule is COC(=O)C12CC(NC(=O)C(C)C3[C@H]4CC(n5cnc6cc(F)c(F)cc65)C[C@@H]34)(C1)C2. The summed E-state index contributed by atoms with van der Waals surface area (Å²) < 4.78 is 34.0. The third-order valence-corrected chi connectivity index (χ3v) is 8.52. The maximum Gasteiger partial charge on any atom is 0.312 e. The lowest BCUT2D eigenvalue weighted by Crippen LogP contribution is -2.77. The Morgan fingerprint density at radius 2 is 1.84 bits per heavy atom. The van der Waals surface area contributed by atoms with Crippen molar-refractivity contribution in [2.75, 3.05) is 7.11 Å². The predicted molar refractivity (Wildman–Crippen MR) is 107 cm³/mol. The van der Waals surface area contributed by atoms with E-state index in [9.17, 15) is 18.4 Å². The van der Waals surface area contributed by atoms with E-state index in [2.05, 4.69) is 10.3 Å². The molecule has 7 rings (SSSR count). The molecule has 0 spiro atoms. The number of hydrogen-bond acceptors (Lipinski definition) is 4. The molecule has 5 aliphatic carbocycles. The van der Waals surface area contributed by atoms with E-state index in [1.54, 1.807) is 6.33 Å². The molecule has 0 aliphatic heterocycles. The largest absolute Gasteiger partial charge is 0.469 e. The second-order valence-electron chi connectivity index (χ2n) is 10.3. The van der Waals surface area contributed by atoms with E-state index in [1.807, 2.05) is 11.5 Å². The van der Waals surface area contributed by atoms with Crippen molar-refractivity contribution in [3.8, 4) is 0 Å². The van der Waals surface area contributed by atoms with E-state index < -0.39 is 11.6 Å². The molecule has 5 atom stereocenters. The van der Waals surface area contributed by atoms with Gasteiger partial charge in [-0.1, -0.05) is 6.92 Å². The highest BCUT2D eigenvalue weighted by molar-refractivity contribution is 5.85. The van der Waals surface area contributed by atoms with Crippen LogP contribution in [0.1, 0.15) is 45.1 Å². The van der Waals surface area contributed by atoms with Gasteiger partial charge in [0.2, 0.25) is 5.91 Å². The summed E-state index contributed by atoms with van der Waals surface area (Å²) in [5.74, 6) is -0.566. The van der Waals surface area contributed by atoms with Crippen LogP contribution in [0.25, 0.3) is 11.0 Å². The van der Waals surface area contributed by atoms with Gasteiger partial charge in [-0.25, -0.2) is 13.8 Å². The fourth-order valence-electron chi connectivity index (χ4n) is 7.05. The van der Waals surface area contributed by atoms with Crippen molar-refractivity contribution in [3.63, 3.8) is 0 Å². The summed E-state index contributed by atoms with van der Waals surface area (Å²) >= 11 is 0. The molecule has 1 N–H and O–H groups in total. The van der Waals surface area contributed by atoms with Gasteiger partial charge in [0, 0.05) is 29.6 Å². The van der Waals surface area contributed by atoms with Crippen LogP contribution in [-0.2, 0) is 14.3 Å². The number of carbonyl (C=O) groups is 2. The van der Waals surface area contributed by atoms with Crippen molar-refractivity contribution >= 4 is 22.9 Å². The Morgan fingerprint density at radius 1 is 1.19 bits per heavy atom. The van der Waals surface area contributed by atoms with E-state index in [0.717, 1.165) is 18.9 Å². The Bertz CT molecular complexity index is 1100. The van der Waals surface area contributed by atoms with E-state index in [4.69, 9.17) is 4.74 Å². The van der Waals surface area contributed by atoms with Gasteiger partial charge in [-0.05, 0) is 49.9 Å². The van der Waals surface area contributed by atoms with Crippen LogP contribution in [-0.4, -0.2) is 34.1 Å². The van der Waals surface area contributed by atoms with Gasteiger partial charge in [0.1, 0.15) is 0 Å². The number of nitrogens with zero attached hydrogens (tertiary/aromatic N) is 2. The number of halogens is 2. The average Bonchev–Trinajstić information content (AvgIpc) is 3.01. The molecule has 1 heterocycles. The molecule has 164 valence electrons. The number of aromatic nitrogens is 2. The van der Waals surface area contributed by atoms with E-state index >= 15 is 0 Å². The third-order valence-electron chi connectivity index (χ3n) is 8.52. The quantitative estimate of drug-likeness (QED) is 0.740. The lowest BCUT2D eigenvalue weighted by atomic mass is 9.39. The normalized spacial score (nSPS) is 38.1. The highest BCUT2D eigenvalue weighted by atomic mass is 19.2. The fraction of sp³-hybridized carbons (Fsp3) is 0.609. The second kappa shape index (κ2) is 6.04. The Hall–Kier alpha value is -2.51. The smallest absolute Gasteiger partial charge is 0.312 e. The molecule has 5 fully saturated rings. The van der Waals surface area contributed by atoms with Gasteiger partial charge in [-0.2, -0.15) is 0 Å². The van der Waals surface area contributed by atoms with Crippen molar-refractivity contribution in [1.82, 2.24) is 14.9 Å². The van der Waals surface area contributed by atoms with Crippen molar-refractivity contribution in [2.45, 2.75) is 50.6 Å². The van der Waals surface area contributed by atoms with Crippen LogP contribution in [0.3, 0.4) is 0 Å². The van der Waals surface area contributed by atoms with Crippen LogP contribution in [0, 0.1) is 40.7 Å². The number of fused-ring (bicyclic) bond motifs is 2. The fourth-order valence-corrected chi connectivity index (χ4v) is 7.05. The van der Waals surface area contributed by atoms with Crippen LogP contribution in [0.4, 0.5) is 8.78 Å². The molecule has 1 aromatic carbocycles. The van der Waals surface area contributed by atoms with Crippen molar-refractivity contribution in [2.24, 2.45) is 29.1 Å². The first kappa shape index (κ1) is 19.2. The number of esters is 1. The average molecular weight is 429 g/mol. The highest BCUT2D eigenvalue weighted by Gasteiger charge is 2.73. The van der Waals surface area contributed by atoms with Crippen LogP contribution in [0.2, 0.25) is 0 Å². The maximum atomic E-state index is 13.7. The van der Waals surface area contributed by atoms with Crippen molar-refractivity contribution in [1.29, 1.82) is 0 Å². The van der Waals surface area contributed by atoms with Gasteiger partial charge < -0.3 is 14.6 Å². The monoisotopic (exact) mass is 429 g/mol. The van der Waals surface area contributed by atoms with Gasteiger partial charge in [-0.3, -0.25) is 9.59 Å². The van der Waals surface area contributed by atoms with E-state index in [1.165, 1.54) is 13.2 Å². The lowest BCUT2D eigenvalue weighted by molar-refractivity contribution is -0.203. The molecule has 6 nitrogen and oxygen atoms in total. The zero-order chi connectivity index (χ0) is 21.7. The summed E-state index contributed by atoms with van der Waals surface area (Å²) in [6.45, 7) is 2.00. The summed E-state index contributed by atoms with van der Waals surface area (Å²) in [5, 5.41) is 3.21. The minimum Gasteiger partial charge on any atom is -0.469 e. The number of rotatable bonds is 5. The molecule has 3 unspecified atom stereocenters. The summed E-state index contributed by atoms with van der Waals surface area (Å²) in [4.78, 5) is 28.9. The van der Waals surface area contributed by atoms with Crippen molar-refractivity contribution in [3.05, 3.63) is 30.1 Å². The molecule has 8 heteroatoms. The highest BCUT2D eigenvalue weighted by Crippen LogP contribution is 2.68. The minimum absolute atomic E-state index is 0.0647. The molecule has 5 saturated carbocycles. The molecule has 2 aromatic rings. The van der Waals surface area contributed by atoms with Gasteiger partial charge in [0.05, 0.1) is 29.9 Å². The number of methoxy groups -OCH3 is 1. The van der Waals surface area contributed by atoms with Gasteiger partial charge in [0.25, 0.3) is 0 Å². The van der Waals surface area contributed by atoms with Crippen LogP contribution in [0.5, 0.6) is 0 Å². The number of hydrogen-bond donors (Lipinski definition) is 1. The molecule has 0 saturated heterocycles. The molecule has 2 bridgehead atoms. The summed E-state index contributed by atoms with van der Waals surface area (Å²) in [6, 6.07) is 2.57. The zero-order valence-corrected chi connectivity index (χ0v) is 17.5. The molecular formula is C23H25F2N3O3. The Kier molecular flexibility index (Phi) is 3.74. The van der Waals surface area contributed by atoms with Crippen LogP contribution < -0.4 is 5.32 Å². The molecule has 1 aromatic heterocycles. The van der Waals surface area contributed by atoms with Gasteiger partial charge >= 0.3 is 5.97 Å². The van der Waals surface area contributed by atoms with E-state index in [-0.39, 0.29) is 34.8 Å². The summed E-state index contributed by atoms with van der Waals surface area (Å²) in [5.41, 5.74) is 0.522. The number of nitrogens with one attached hydrogen (secondary N) is 1.